The summed E-state index contributed by atoms with van der Waals surface area (Å²) >= 11 is 0. The quantitative estimate of drug-likeness (QED) is 0.0204. The molecule has 2 aliphatic rings. The molecule has 0 saturated carbocycles. The summed E-state index contributed by atoms with van der Waals surface area (Å²) in [5, 5.41) is 87.3. The molecule has 2 aliphatic heterocycles. The van der Waals surface area contributed by atoms with E-state index < -0.39 is 86.8 Å². The summed E-state index contributed by atoms with van der Waals surface area (Å²) in [6.07, 6.45) is 53.5. The second-order valence-corrected chi connectivity index (χ2v) is 25.0. The highest BCUT2D eigenvalue weighted by molar-refractivity contribution is 5.76. The van der Waals surface area contributed by atoms with E-state index in [2.05, 4.69) is 43.5 Å². The van der Waals surface area contributed by atoms with Crippen LogP contribution in [-0.4, -0.2) is 140 Å². The van der Waals surface area contributed by atoms with Gasteiger partial charge < -0.3 is 65.1 Å². The van der Waals surface area contributed by atoms with Crippen LogP contribution in [0, 0.1) is 0 Å². The number of hydrogen-bond acceptors (Lipinski definition) is 13. The zero-order chi connectivity index (χ0) is 60.9. The second-order valence-electron chi connectivity index (χ2n) is 25.0. The Morgan fingerprint density at radius 1 is 0.429 bits per heavy atom. The molecule has 0 aliphatic carbocycles. The van der Waals surface area contributed by atoms with Gasteiger partial charge in [-0.2, -0.15) is 0 Å². The van der Waals surface area contributed by atoms with Crippen LogP contribution in [0.2, 0.25) is 0 Å². The number of aliphatic hydroxyl groups excluding tert-OH is 8. The van der Waals surface area contributed by atoms with E-state index in [4.69, 9.17) is 18.9 Å². The number of ether oxygens (including phenoxy) is 4. The number of carbonyl (C=O) groups excluding carboxylic acids is 1. The van der Waals surface area contributed by atoms with Gasteiger partial charge in [0, 0.05) is 6.42 Å². The van der Waals surface area contributed by atoms with Crippen molar-refractivity contribution in [2.45, 2.75) is 383 Å². The Hall–Kier alpha value is -1.79. The van der Waals surface area contributed by atoms with Gasteiger partial charge >= 0.3 is 0 Å². The molecule has 84 heavy (non-hydrogen) atoms. The van der Waals surface area contributed by atoms with E-state index in [-0.39, 0.29) is 18.9 Å². The highest BCUT2D eigenvalue weighted by Crippen LogP contribution is 2.30. The van der Waals surface area contributed by atoms with Gasteiger partial charge in [0.25, 0.3) is 0 Å². The molecule has 14 nitrogen and oxygen atoms in total. The summed E-state index contributed by atoms with van der Waals surface area (Å²) < 4.78 is 22.8. The molecule has 0 aromatic carbocycles. The minimum absolute atomic E-state index is 0.234. The highest BCUT2D eigenvalue weighted by atomic mass is 16.7. The lowest BCUT2D eigenvalue weighted by Gasteiger charge is -2.46. The molecular formula is C70H131NO13. The third-order valence-electron chi connectivity index (χ3n) is 17.3. The van der Waals surface area contributed by atoms with Crippen molar-refractivity contribution in [2.75, 3.05) is 19.8 Å². The predicted octanol–water partition coefficient (Wildman–Crippen LogP) is 14.1. The summed E-state index contributed by atoms with van der Waals surface area (Å²) in [5.74, 6) is -0.234. The Kier molecular flexibility index (Phi) is 51.5. The maximum Gasteiger partial charge on any atom is 0.220 e. The lowest BCUT2D eigenvalue weighted by atomic mass is 9.97. The fraction of sp³-hybridized carbons (Fsp3) is 0.900. The number of unbranched alkanes of at least 4 members (excludes halogenated alkanes) is 41. The average molecular weight is 1190 g/mol. The van der Waals surface area contributed by atoms with E-state index in [1.165, 1.54) is 238 Å². The molecule has 0 aromatic rings. The van der Waals surface area contributed by atoms with Crippen LogP contribution < -0.4 is 5.32 Å². The first kappa shape index (κ1) is 78.3. The SMILES string of the molecule is CCCCCCC/C=C\C/C=C\CCCCCCCCCCCCCCCCCCCCCCCC(=O)NC(COC1OC(CO)C(OC2OC(CO)C(O)C(O)C2O)C(O)C1O)C(O)/C=C/CCCCCCCCCCCCCCCCC. The van der Waals surface area contributed by atoms with E-state index in [0.717, 1.165) is 44.9 Å². The van der Waals surface area contributed by atoms with E-state index in [0.29, 0.717) is 6.42 Å². The van der Waals surface area contributed by atoms with Gasteiger partial charge in [-0.25, -0.2) is 0 Å². The van der Waals surface area contributed by atoms with E-state index in [1.807, 2.05) is 6.08 Å². The molecule has 14 heteroatoms. The van der Waals surface area contributed by atoms with Crippen LogP contribution >= 0.6 is 0 Å². The number of aliphatic hydroxyl groups is 8. The number of amides is 1. The Bertz CT molecular complexity index is 1550. The van der Waals surface area contributed by atoms with Gasteiger partial charge in [-0.15, -0.1) is 0 Å². The molecule has 0 spiro atoms. The smallest absolute Gasteiger partial charge is 0.220 e. The average Bonchev–Trinajstić information content (AvgIpc) is 3.17. The van der Waals surface area contributed by atoms with Crippen molar-refractivity contribution in [1.82, 2.24) is 5.32 Å². The van der Waals surface area contributed by atoms with Crippen molar-refractivity contribution in [2.24, 2.45) is 0 Å². The molecule has 1 amide bonds. The first-order valence-electron chi connectivity index (χ1n) is 35.2. The number of nitrogens with one attached hydrogen (secondary N) is 1. The summed E-state index contributed by atoms with van der Waals surface area (Å²) in [4.78, 5) is 13.3. The topological polar surface area (TPSA) is 228 Å². The third kappa shape index (κ3) is 39.3. The Morgan fingerprint density at radius 2 is 0.786 bits per heavy atom. The largest absolute Gasteiger partial charge is 0.394 e. The van der Waals surface area contributed by atoms with E-state index in [1.54, 1.807) is 6.08 Å². The maximum absolute atomic E-state index is 13.3. The maximum atomic E-state index is 13.3. The van der Waals surface area contributed by atoms with Crippen LogP contribution in [0.4, 0.5) is 0 Å². The normalized spacial score (nSPS) is 23.8. The standard InChI is InChI=1S/C70H131NO13/c1-3-5-7-9-11-13-15-17-19-21-22-23-24-25-26-27-28-29-30-31-32-33-34-35-36-38-40-42-44-46-48-50-52-54-62(75)71-58(59(74)53-51-49-47-45-43-41-39-37-20-18-16-14-12-10-8-6-4-2)57-81-69-67(80)65(78)68(61(56-73)83-69)84-70-66(79)64(77)63(76)60(55-72)82-70/h15,17,21-22,51,53,58-61,63-70,72-74,76-80H,3-14,16,18-20,23-50,52,54-57H2,1-2H3,(H,71,75)/b17-15-,22-21-,53-51+. The minimum atomic E-state index is -1.79. The molecule has 0 aromatic heterocycles. The minimum Gasteiger partial charge on any atom is -0.394 e. The monoisotopic (exact) mass is 1190 g/mol. The fourth-order valence-electron chi connectivity index (χ4n) is 11.7. The van der Waals surface area contributed by atoms with Crippen LogP contribution in [0.25, 0.3) is 0 Å². The van der Waals surface area contributed by atoms with Crippen molar-refractivity contribution in [3.63, 3.8) is 0 Å². The zero-order valence-corrected chi connectivity index (χ0v) is 53.7. The van der Waals surface area contributed by atoms with Gasteiger partial charge in [0.15, 0.2) is 12.6 Å². The molecule has 0 bridgehead atoms. The van der Waals surface area contributed by atoms with Gasteiger partial charge in [0.1, 0.15) is 48.8 Å². The van der Waals surface area contributed by atoms with Crippen LogP contribution in [0.5, 0.6) is 0 Å². The van der Waals surface area contributed by atoms with Crippen molar-refractivity contribution in [3.05, 3.63) is 36.5 Å². The third-order valence-corrected chi connectivity index (χ3v) is 17.3. The summed E-state index contributed by atoms with van der Waals surface area (Å²) in [6, 6.07) is -0.913. The van der Waals surface area contributed by atoms with Crippen LogP contribution in [0.1, 0.15) is 309 Å². The number of allylic oxidation sites excluding steroid dienone is 5. The number of rotatable bonds is 58. The number of hydrogen-bond donors (Lipinski definition) is 9. The molecule has 0 radical (unpaired) electrons. The molecule has 12 atom stereocenters. The van der Waals surface area contributed by atoms with Crippen molar-refractivity contribution < 1.29 is 64.6 Å². The Balaban J connectivity index is 1.63. The summed E-state index contributed by atoms with van der Waals surface area (Å²) in [6.45, 7) is 2.83. The number of carbonyl (C=O) groups is 1. The first-order chi connectivity index (χ1) is 41.1. The molecule has 2 fully saturated rings. The summed E-state index contributed by atoms with van der Waals surface area (Å²) in [5.41, 5.74) is 0. The Labute approximate surface area is 512 Å². The lowest BCUT2D eigenvalue weighted by molar-refractivity contribution is -0.359. The molecule has 2 saturated heterocycles. The molecule has 2 heterocycles. The molecule has 12 unspecified atom stereocenters. The van der Waals surface area contributed by atoms with Crippen LogP contribution in [-0.2, 0) is 23.7 Å². The Morgan fingerprint density at radius 3 is 1.19 bits per heavy atom. The van der Waals surface area contributed by atoms with Crippen molar-refractivity contribution in [3.8, 4) is 0 Å². The molecule has 494 valence electrons. The van der Waals surface area contributed by atoms with Gasteiger partial charge in [-0.1, -0.05) is 288 Å². The second kappa shape index (κ2) is 55.3. The van der Waals surface area contributed by atoms with Crippen molar-refractivity contribution >= 4 is 5.91 Å². The van der Waals surface area contributed by atoms with E-state index >= 15 is 0 Å². The van der Waals surface area contributed by atoms with Gasteiger partial charge in [-0.05, 0) is 51.4 Å². The van der Waals surface area contributed by atoms with Crippen LogP contribution in [0.15, 0.2) is 36.5 Å². The summed E-state index contributed by atoms with van der Waals surface area (Å²) in [7, 11) is 0. The predicted molar refractivity (Wildman–Crippen MR) is 341 cm³/mol. The highest BCUT2D eigenvalue weighted by Gasteiger charge is 2.51. The zero-order valence-electron chi connectivity index (χ0n) is 53.7. The molecular weight excluding hydrogens is 1060 g/mol. The first-order valence-corrected chi connectivity index (χ1v) is 35.2. The van der Waals surface area contributed by atoms with Gasteiger partial charge in [-0.3, -0.25) is 4.79 Å². The van der Waals surface area contributed by atoms with E-state index in [9.17, 15) is 45.6 Å². The van der Waals surface area contributed by atoms with Gasteiger partial charge in [0.05, 0.1) is 32.0 Å². The van der Waals surface area contributed by atoms with Gasteiger partial charge in [0.2, 0.25) is 5.91 Å². The van der Waals surface area contributed by atoms with Crippen molar-refractivity contribution in [1.29, 1.82) is 0 Å². The lowest BCUT2D eigenvalue weighted by Crippen LogP contribution is -2.65. The fourth-order valence-corrected chi connectivity index (χ4v) is 11.7. The molecule has 9 N–H and O–H groups in total. The molecule has 2 rings (SSSR count). The van der Waals surface area contributed by atoms with Crippen LogP contribution in [0.3, 0.4) is 0 Å².